The van der Waals surface area contributed by atoms with Gasteiger partial charge in [-0.1, -0.05) is 34.1 Å². The van der Waals surface area contributed by atoms with Gasteiger partial charge in [0.25, 0.3) is 0 Å². The molecule has 3 rings (SSSR count). The summed E-state index contributed by atoms with van der Waals surface area (Å²) in [7, 11) is 1.59. The summed E-state index contributed by atoms with van der Waals surface area (Å²) in [5, 5.41) is 9.48. The standard InChI is InChI=1S/C17H13BrN2O2/c1-21-12-5-6-13-15(8-12)22-17(20)14(9-19)16(13)10-3-2-4-11(18)7-10/h2-8,16H,20H2,1H3/t16-/m1/s1. The van der Waals surface area contributed by atoms with E-state index in [-0.39, 0.29) is 11.8 Å². The second-order valence-electron chi connectivity index (χ2n) is 4.88. The molecule has 0 radical (unpaired) electrons. The average molecular weight is 357 g/mol. The Morgan fingerprint density at radius 3 is 2.77 bits per heavy atom. The number of methoxy groups -OCH3 is 1. The average Bonchev–Trinajstić information content (AvgIpc) is 2.52. The van der Waals surface area contributed by atoms with Crippen molar-refractivity contribution in [3.63, 3.8) is 0 Å². The van der Waals surface area contributed by atoms with Crippen molar-refractivity contribution >= 4 is 15.9 Å². The molecule has 0 bridgehead atoms. The largest absolute Gasteiger partial charge is 0.497 e. The Bertz CT molecular complexity index is 809. The minimum Gasteiger partial charge on any atom is -0.497 e. The highest BCUT2D eigenvalue weighted by molar-refractivity contribution is 9.10. The van der Waals surface area contributed by atoms with E-state index in [1.807, 2.05) is 36.4 Å². The number of fused-ring (bicyclic) bond motifs is 1. The molecule has 0 aromatic heterocycles. The summed E-state index contributed by atoms with van der Waals surface area (Å²) >= 11 is 3.47. The first kappa shape index (κ1) is 14.5. The first-order valence-electron chi connectivity index (χ1n) is 6.65. The Labute approximate surface area is 136 Å². The Hall–Kier alpha value is -2.45. The molecule has 1 atom stereocenters. The Kier molecular flexibility index (Phi) is 3.78. The van der Waals surface area contributed by atoms with Crippen LogP contribution in [0.4, 0.5) is 0 Å². The van der Waals surface area contributed by atoms with E-state index in [1.54, 1.807) is 13.2 Å². The fraction of sp³-hybridized carbons (Fsp3) is 0.118. The Balaban J connectivity index is 2.21. The first-order chi connectivity index (χ1) is 10.6. The van der Waals surface area contributed by atoms with E-state index >= 15 is 0 Å². The predicted molar refractivity (Wildman–Crippen MR) is 86.4 cm³/mol. The molecule has 4 nitrogen and oxygen atoms in total. The van der Waals surface area contributed by atoms with Crippen molar-refractivity contribution in [2.24, 2.45) is 5.73 Å². The summed E-state index contributed by atoms with van der Waals surface area (Å²) < 4.78 is 11.8. The van der Waals surface area contributed by atoms with Gasteiger partial charge in [-0.15, -0.1) is 0 Å². The normalized spacial score (nSPS) is 16.5. The van der Waals surface area contributed by atoms with Crippen molar-refractivity contribution in [3.05, 3.63) is 69.5 Å². The van der Waals surface area contributed by atoms with Gasteiger partial charge in [0.05, 0.1) is 13.0 Å². The van der Waals surface area contributed by atoms with Gasteiger partial charge in [-0.2, -0.15) is 5.26 Å². The van der Waals surface area contributed by atoms with Gasteiger partial charge >= 0.3 is 0 Å². The molecule has 22 heavy (non-hydrogen) atoms. The zero-order valence-corrected chi connectivity index (χ0v) is 13.4. The van der Waals surface area contributed by atoms with Crippen molar-refractivity contribution < 1.29 is 9.47 Å². The van der Waals surface area contributed by atoms with Gasteiger partial charge in [-0.25, -0.2) is 0 Å². The highest BCUT2D eigenvalue weighted by Gasteiger charge is 2.30. The highest BCUT2D eigenvalue weighted by atomic mass is 79.9. The van der Waals surface area contributed by atoms with Crippen LogP contribution in [0, 0.1) is 11.3 Å². The summed E-state index contributed by atoms with van der Waals surface area (Å²) in [6.07, 6.45) is 0. The Morgan fingerprint density at radius 1 is 1.27 bits per heavy atom. The molecule has 0 aliphatic carbocycles. The fourth-order valence-corrected chi connectivity index (χ4v) is 3.01. The van der Waals surface area contributed by atoms with Crippen molar-refractivity contribution in [2.75, 3.05) is 7.11 Å². The molecule has 2 N–H and O–H groups in total. The lowest BCUT2D eigenvalue weighted by Crippen LogP contribution is -2.21. The van der Waals surface area contributed by atoms with E-state index in [4.69, 9.17) is 15.2 Å². The molecule has 0 saturated heterocycles. The van der Waals surface area contributed by atoms with Gasteiger partial charge in [0.1, 0.15) is 23.1 Å². The molecule has 0 spiro atoms. The second kappa shape index (κ2) is 5.74. The quantitative estimate of drug-likeness (QED) is 0.890. The van der Waals surface area contributed by atoms with Crippen LogP contribution in [0.25, 0.3) is 0 Å². The molecular formula is C17H13BrN2O2. The number of hydrogen-bond acceptors (Lipinski definition) is 4. The summed E-state index contributed by atoms with van der Waals surface area (Å²) in [6.45, 7) is 0. The smallest absolute Gasteiger partial charge is 0.205 e. The number of halogens is 1. The zero-order valence-electron chi connectivity index (χ0n) is 11.8. The maximum absolute atomic E-state index is 9.48. The lowest BCUT2D eigenvalue weighted by molar-refractivity contribution is 0.381. The van der Waals surface area contributed by atoms with Crippen LogP contribution < -0.4 is 15.2 Å². The third kappa shape index (κ3) is 2.42. The molecule has 0 saturated carbocycles. The molecule has 0 amide bonds. The monoisotopic (exact) mass is 356 g/mol. The maximum atomic E-state index is 9.48. The molecule has 5 heteroatoms. The fourth-order valence-electron chi connectivity index (χ4n) is 2.59. The van der Waals surface area contributed by atoms with Crippen LogP contribution >= 0.6 is 15.9 Å². The van der Waals surface area contributed by atoms with Crippen molar-refractivity contribution in [1.82, 2.24) is 0 Å². The van der Waals surface area contributed by atoms with Crippen LogP contribution in [0.2, 0.25) is 0 Å². The number of rotatable bonds is 2. The van der Waals surface area contributed by atoms with Gasteiger partial charge < -0.3 is 15.2 Å². The van der Waals surface area contributed by atoms with Crippen molar-refractivity contribution in [3.8, 4) is 17.6 Å². The zero-order chi connectivity index (χ0) is 15.7. The van der Waals surface area contributed by atoms with Gasteiger partial charge in [-0.05, 0) is 23.8 Å². The summed E-state index contributed by atoms with van der Waals surface area (Å²) in [4.78, 5) is 0. The molecule has 110 valence electrons. The van der Waals surface area contributed by atoms with Gasteiger partial charge in [-0.3, -0.25) is 0 Å². The molecule has 1 heterocycles. The van der Waals surface area contributed by atoms with Crippen LogP contribution in [-0.4, -0.2) is 7.11 Å². The van der Waals surface area contributed by atoms with Gasteiger partial charge in [0.15, 0.2) is 0 Å². The van der Waals surface area contributed by atoms with E-state index < -0.39 is 0 Å². The molecule has 2 aromatic rings. The molecule has 2 aromatic carbocycles. The van der Waals surface area contributed by atoms with E-state index in [0.29, 0.717) is 17.1 Å². The van der Waals surface area contributed by atoms with Crippen LogP contribution in [-0.2, 0) is 0 Å². The SMILES string of the molecule is COc1ccc2c(c1)OC(N)=C(C#N)[C@@H]2c1cccc(Br)c1. The molecular weight excluding hydrogens is 344 g/mol. The van der Waals surface area contributed by atoms with Gasteiger partial charge in [0.2, 0.25) is 5.88 Å². The van der Waals surface area contributed by atoms with Crippen LogP contribution in [0.5, 0.6) is 11.5 Å². The highest BCUT2D eigenvalue weighted by Crippen LogP contribution is 2.43. The van der Waals surface area contributed by atoms with E-state index in [2.05, 4.69) is 22.0 Å². The summed E-state index contributed by atoms with van der Waals surface area (Å²) in [5.74, 6) is 1.17. The van der Waals surface area contributed by atoms with E-state index in [9.17, 15) is 5.26 Å². The van der Waals surface area contributed by atoms with E-state index in [1.165, 1.54) is 0 Å². The number of allylic oxidation sites excluding steroid dienone is 1. The number of ether oxygens (including phenoxy) is 2. The third-order valence-corrected chi connectivity index (χ3v) is 4.10. The first-order valence-corrected chi connectivity index (χ1v) is 7.44. The predicted octanol–water partition coefficient (Wildman–Crippen LogP) is 3.68. The number of nitrogens with two attached hydrogens (primary N) is 1. The number of nitrogens with zero attached hydrogens (tertiary/aromatic N) is 1. The lowest BCUT2D eigenvalue weighted by atomic mass is 9.83. The minimum atomic E-state index is -0.253. The molecule has 0 unspecified atom stereocenters. The van der Waals surface area contributed by atoms with Crippen molar-refractivity contribution in [2.45, 2.75) is 5.92 Å². The summed E-state index contributed by atoms with van der Waals surface area (Å²) in [5.41, 5.74) is 8.23. The lowest BCUT2D eigenvalue weighted by Gasteiger charge is -2.26. The number of benzene rings is 2. The number of hydrogen-bond donors (Lipinski definition) is 1. The third-order valence-electron chi connectivity index (χ3n) is 3.61. The molecule has 0 fully saturated rings. The summed E-state index contributed by atoms with van der Waals surface area (Å²) in [6, 6.07) is 15.5. The molecule has 1 aliphatic heterocycles. The second-order valence-corrected chi connectivity index (χ2v) is 5.80. The minimum absolute atomic E-state index is 0.133. The molecule has 1 aliphatic rings. The van der Waals surface area contributed by atoms with Gasteiger partial charge in [0, 0.05) is 16.1 Å². The van der Waals surface area contributed by atoms with Crippen LogP contribution in [0.1, 0.15) is 17.0 Å². The van der Waals surface area contributed by atoms with Crippen molar-refractivity contribution in [1.29, 1.82) is 5.26 Å². The Morgan fingerprint density at radius 2 is 2.09 bits per heavy atom. The number of nitriles is 1. The van der Waals surface area contributed by atoms with E-state index in [0.717, 1.165) is 15.6 Å². The topological polar surface area (TPSA) is 68.3 Å². The van der Waals surface area contributed by atoms with Crippen LogP contribution in [0.3, 0.4) is 0 Å². The maximum Gasteiger partial charge on any atom is 0.205 e. The van der Waals surface area contributed by atoms with Crippen LogP contribution in [0.15, 0.2) is 58.4 Å².